The van der Waals surface area contributed by atoms with E-state index in [0.717, 1.165) is 12.1 Å². The van der Waals surface area contributed by atoms with Gasteiger partial charge in [-0.2, -0.15) is 19.0 Å². The summed E-state index contributed by atoms with van der Waals surface area (Å²) in [6.45, 7) is 2.06. The lowest BCUT2D eigenvalue weighted by molar-refractivity contribution is -0.123. The molecule has 3 N–H and O–H groups in total. The fourth-order valence-corrected chi connectivity index (χ4v) is 8.14. The van der Waals surface area contributed by atoms with E-state index >= 15 is 8.78 Å². The second kappa shape index (κ2) is 15.6. The van der Waals surface area contributed by atoms with Crippen LogP contribution in [0.3, 0.4) is 0 Å². The normalized spacial score (nSPS) is 17.3. The Morgan fingerprint density at radius 1 is 1.03 bits per heavy atom. The minimum absolute atomic E-state index is 0.0439. The van der Waals surface area contributed by atoms with Crippen LogP contribution in [-0.2, 0) is 35.5 Å². The maximum absolute atomic E-state index is 15.7. The molecule has 3 atom stereocenters. The summed E-state index contributed by atoms with van der Waals surface area (Å²) in [5.74, 6) is -3.00. The number of hydrogen-bond donors (Lipinski definition) is 3. The SMILES string of the molecule is CN(C)CC(=O)Nc1nn(C)c2c(-c3ccc(C#CC(C)(C)O)nc3C(Cc3cc(F)cc(F)c3)NC(=O)Cn3nc(C(F)F)c4c3C(F)(F)C3CCC43)ccc(Cl)c12. The average Bonchev–Trinajstić information content (AvgIpc) is 3.68. The Hall–Kier alpha value is -5.44. The van der Waals surface area contributed by atoms with Crippen molar-refractivity contribution in [1.82, 2.24) is 34.8 Å². The van der Waals surface area contributed by atoms with Gasteiger partial charge in [-0.25, -0.2) is 22.5 Å². The van der Waals surface area contributed by atoms with Crippen molar-refractivity contribution in [3.8, 4) is 23.0 Å². The number of aromatic nitrogens is 5. The fourth-order valence-electron chi connectivity index (χ4n) is 7.90. The summed E-state index contributed by atoms with van der Waals surface area (Å²) in [4.78, 5) is 33.3. The number of hydrogen-bond acceptors (Lipinski definition) is 7. The number of nitrogens with zero attached hydrogens (tertiary/aromatic N) is 6. The number of pyridine rings is 1. The summed E-state index contributed by atoms with van der Waals surface area (Å²) in [6.07, 6.45) is -3.05. The van der Waals surface area contributed by atoms with E-state index in [1.165, 1.54) is 18.5 Å². The van der Waals surface area contributed by atoms with Crippen molar-refractivity contribution in [1.29, 1.82) is 0 Å². The van der Waals surface area contributed by atoms with Crippen LogP contribution in [0, 0.1) is 29.4 Å². The number of anilines is 1. The Morgan fingerprint density at radius 3 is 2.36 bits per heavy atom. The summed E-state index contributed by atoms with van der Waals surface area (Å²) in [6, 6.07) is 7.87. The molecule has 18 heteroatoms. The Kier molecular flexibility index (Phi) is 11.0. The molecule has 2 aliphatic carbocycles. The van der Waals surface area contributed by atoms with Crippen molar-refractivity contribution in [2.24, 2.45) is 13.0 Å². The van der Waals surface area contributed by atoms with E-state index in [1.54, 1.807) is 50.3 Å². The van der Waals surface area contributed by atoms with Crippen LogP contribution in [0.15, 0.2) is 42.5 Å². The minimum Gasteiger partial charge on any atom is -0.378 e. The standard InChI is InChI=1S/C41H39ClF6N8O3/c1-40(2,59)13-12-23-6-7-24(25-9-11-28(42)33-36(25)55(5)53-39(33)51-30(57)18-54(3)4)34(49-23)29(16-20-14-21(43)17-22(44)15-20)50-31(58)19-56-37-32(35(52-56)38(45)46)26-8-10-27(26)41(37,47)48/h6-7,9,11,14-15,17,26-27,29,38,59H,8,10,16,18-19H2,1-5H3,(H,50,58)(H,51,53,57). The van der Waals surface area contributed by atoms with Gasteiger partial charge in [-0.05, 0) is 94.9 Å². The number of carbonyl (C=O) groups is 2. The maximum Gasteiger partial charge on any atom is 0.293 e. The Balaban J connectivity index is 1.37. The van der Waals surface area contributed by atoms with Gasteiger partial charge < -0.3 is 20.6 Å². The molecule has 0 radical (unpaired) electrons. The van der Waals surface area contributed by atoms with Crippen LogP contribution in [0.25, 0.3) is 22.0 Å². The molecule has 5 aromatic rings. The number of rotatable bonds is 11. The molecule has 0 aliphatic heterocycles. The highest BCUT2D eigenvalue weighted by Gasteiger charge is 2.62. The highest BCUT2D eigenvalue weighted by atomic mass is 35.5. The van der Waals surface area contributed by atoms with E-state index in [9.17, 15) is 32.3 Å². The number of amides is 2. The van der Waals surface area contributed by atoms with E-state index in [2.05, 4.69) is 32.7 Å². The van der Waals surface area contributed by atoms with Gasteiger partial charge in [0.25, 0.3) is 12.3 Å². The number of nitrogens with one attached hydrogen (secondary N) is 2. The van der Waals surface area contributed by atoms with Crippen molar-refractivity contribution in [2.45, 2.75) is 69.6 Å². The molecule has 2 aliphatic rings. The molecule has 310 valence electrons. The van der Waals surface area contributed by atoms with E-state index in [1.807, 2.05) is 0 Å². The minimum atomic E-state index is -3.51. The van der Waals surface area contributed by atoms with Crippen molar-refractivity contribution in [3.05, 3.63) is 93.0 Å². The predicted octanol–water partition coefficient (Wildman–Crippen LogP) is 7.02. The molecule has 0 saturated heterocycles. The third kappa shape index (κ3) is 8.26. The Morgan fingerprint density at radius 2 is 1.73 bits per heavy atom. The van der Waals surface area contributed by atoms with Crippen molar-refractivity contribution in [2.75, 3.05) is 26.0 Å². The molecule has 3 unspecified atom stereocenters. The number of halogens is 7. The second-order valence-corrected chi connectivity index (χ2v) is 16.0. The van der Waals surface area contributed by atoms with Crippen LogP contribution in [0.2, 0.25) is 5.02 Å². The summed E-state index contributed by atoms with van der Waals surface area (Å²) in [7, 11) is 5.06. The van der Waals surface area contributed by atoms with Crippen molar-refractivity contribution >= 4 is 40.1 Å². The first-order valence-electron chi connectivity index (χ1n) is 18.6. The number of benzene rings is 2. The molecular weight excluding hydrogens is 802 g/mol. The van der Waals surface area contributed by atoms with Crippen molar-refractivity contribution < 1.29 is 41.0 Å². The fraction of sp³-hybridized carbons (Fsp3) is 0.390. The van der Waals surface area contributed by atoms with Crippen LogP contribution >= 0.6 is 11.6 Å². The molecular formula is C41H39ClF6N8O3. The molecule has 2 aromatic carbocycles. The van der Waals surface area contributed by atoms with E-state index in [-0.39, 0.29) is 65.1 Å². The van der Waals surface area contributed by atoms with Gasteiger partial charge in [0.15, 0.2) is 5.82 Å². The largest absolute Gasteiger partial charge is 0.378 e. The first-order valence-corrected chi connectivity index (χ1v) is 19.0. The Bertz CT molecular complexity index is 2540. The Labute approximate surface area is 339 Å². The zero-order valence-electron chi connectivity index (χ0n) is 32.5. The molecule has 7 rings (SSSR count). The van der Waals surface area contributed by atoms with Gasteiger partial charge >= 0.3 is 0 Å². The van der Waals surface area contributed by atoms with Crippen LogP contribution in [-0.4, -0.2) is 72.6 Å². The lowest BCUT2D eigenvalue weighted by Gasteiger charge is -2.34. The van der Waals surface area contributed by atoms with Crippen LogP contribution in [0.4, 0.5) is 32.2 Å². The molecule has 3 aromatic heterocycles. The topological polar surface area (TPSA) is 130 Å². The molecule has 0 bridgehead atoms. The van der Waals surface area contributed by atoms with E-state index in [4.69, 9.17) is 16.6 Å². The molecule has 11 nitrogen and oxygen atoms in total. The third-order valence-electron chi connectivity index (χ3n) is 10.3. The molecule has 1 fully saturated rings. The zero-order valence-corrected chi connectivity index (χ0v) is 33.2. The number of carbonyl (C=O) groups excluding carboxylic acids is 2. The lowest BCUT2D eigenvalue weighted by Crippen LogP contribution is -2.36. The van der Waals surface area contributed by atoms with Gasteiger partial charge in [0.2, 0.25) is 11.8 Å². The third-order valence-corrected chi connectivity index (χ3v) is 10.7. The molecule has 1 saturated carbocycles. The number of fused-ring (bicyclic) bond motifs is 4. The average molecular weight is 841 g/mol. The first-order chi connectivity index (χ1) is 27.7. The van der Waals surface area contributed by atoms with Gasteiger partial charge in [-0.1, -0.05) is 23.6 Å². The summed E-state index contributed by atoms with van der Waals surface area (Å²) >= 11 is 6.71. The zero-order chi connectivity index (χ0) is 42.7. The highest BCUT2D eigenvalue weighted by molar-refractivity contribution is 6.37. The number of aryl methyl sites for hydroxylation is 1. The molecule has 2 amide bonds. The first kappa shape index (κ1) is 41.7. The number of likely N-dealkylation sites (N-methyl/N-ethyl adjacent to an activating group) is 1. The molecule has 3 heterocycles. The molecule has 0 spiro atoms. The summed E-state index contributed by atoms with van der Waals surface area (Å²) < 4.78 is 91.1. The van der Waals surface area contributed by atoms with Gasteiger partial charge in [0.05, 0.1) is 34.2 Å². The second-order valence-electron chi connectivity index (χ2n) is 15.6. The van der Waals surface area contributed by atoms with Crippen LogP contribution in [0.1, 0.15) is 79.0 Å². The quantitative estimate of drug-likeness (QED) is 0.0963. The summed E-state index contributed by atoms with van der Waals surface area (Å²) in [5.41, 5.74) is -1.75. The van der Waals surface area contributed by atoms with Gasteiger partial charge in [0, 0.05) is 35.7 Å². The number of aliphatic hydroxyl groups is 1. The van der Waals surface area contributed by atoms with E-state index in [0.29, 0.717) is 32.8 Å². The monoisotopic (exact) mass is 840 g/mol. The van der Waals surface area contributed by atoms with Gasteiger partial charge in [-0.3, -0.25) is 19.0 Å². The summed E-state index contributed by atoms with van der Waals surface area (Å²) in [5, 5.41) is 24.8. The van der Waals surface area contributed by atoms with Crippen LogP contribution < -0.4 is 10.6 Å². The highest BCUT2D eigenvalue weighted by Crippen LogP contribution is 2.63. The smallest absolute Gasteiger partial charge is 0.293 e. The lowest BCUT2D eigenvalue weighted by atomic mass is 9.73. The molecule has 59 heavy (non-hydrogen) atoms. The maximum atomic E-state index is 15.7. The van der Waals surface area contributed by atoms with Gasteiger partial charge in [-0.15, -0.1) is 0 Å². The van der Waals surface area contributed by atoms with Crippen molar-refractivity contribution in [3.63, 3.8) is 0 Å². The van der Waals surface area contributed by atoms with E-state index < -0.39 is 71.3 Å². The van der Waals surface area contributed by atoms with Gasteiger partial charge in [0.1, 0.15) is 40.9 Å². The predicted molar refractivity (Wildman–Crippen MR) is 207 cm³/mol. The van der Waals surface area contributed by atoms with Crippen LogP contribution in [0.5, 0.6) is 0 Å². The number of alkyl halides is 4.